The van der Waals surface area contributed by atoms with Gasteiger partial charge in [-0.3, -0.25) is 0 Å². The van der Waals surface area contributed by atoms with Gasteiger partial charge in [-0.1, -0.05) is 79.7 Å². The van der Waals surface area contributed by atoms with E-state index in [1.165, 1.54) is 49.7 Å². The second-order valence-electron chi connectivity index (χ2n) is 7.87. The average Bonchev–Trinajstić information content (AvgIpc) is 2.79. The summed E-state index contributed by atoms with van der Waals surface area (Å²) in [4.78, 5) is 2.43. The van der Waals surface area contributed by atoms with Crippen molar-refractivity contribution in [3.05, 3.63) is 114 Å². The summed E-state index contributed by atoms with van der Waals surface area (Å²) in [6, 6.07) is 37.4. The van der Waals surface area contributed by atoms with Gasteiger partial charge in [0.1, 0.15) is 0 Å². The van der Waals surface area contributed by atoms with E-state index in [0.717, 1.165) is 6.42 Å². The normalized spacial score (nSPS) is 11.1. The Hall–Kier alpha value is -3.58. The summed E-state index contributed by atoms with van der Waals surface area (Å²) in [6.45, 7) is 4.37. The first-order chi connectivity index (χ1) is 14.7. The minimum Gasteiger partial charge on any atom is -0.309 e. The molecule has 0 bridgehead atoms. The predicted octanol–water partition coefficient (Wildman–Crippen LogP) is 8.33. The lowest BCUT2D eigenvalue weighted by Gasteiger charge is -2.29. The molecule has 0 fully saturated rings. The molecule has 0 unspecified atom stereocenters. The molecule has 5 rings (SSSR count). The second kappa shape index (κ2) is 7.68. The van der Waals surface area contributed by atoms with Gasteiger partial charge in [-0.25, -0.2) is 0 Å². The fourth-order valence-corrected chi connectivity index (χ4v) is 4.32. The maximum absolute atomic E-state index is 2.43. The summed E-state index contributed by atoms with van der Waals surface area (Å²) in [5.74, 6) is 0. The molecular formula is C29H25N. The molecule has 146 valence electrons. The zero-order valence-corrected chi connectivity index (χ0v) is 17.5. The van der Waals surface area contributed by atoms with Crippen molar-refractivity contribution in [2.45, 2.75) is 20.3 Å². The van der Waals surface area contributed by atoms with Crippen LogP contribution in [0.25, 0.3) is 21.5 Å². The average molecular weight is 388 g/mol. The van der Waals surface area contributed by atoms with Crippen molar-refractivity contribution in [2.75, 3.05) is 4.90 Å². The third kappa shape index (κ3) is 3.23. The minimum absolute atomic E-state index is 1.02. The molecule has 0 radical (unpaired) electrons. The van der Waals surface area contributed by atoms with Crippen LogP contribution in [0, 0.1) is 6.92 Å². The summed E-state index contributed by atoms with van der Waals surface area (Å²) in [7, 11) is 0. The summed E-state index contributed by atoms with van der Waals surface area (Å²) < 4.78 is 0. The van der Waals surface area contributed by atoms with Gasteiger partial charge in [0.2, 0.25) is 0 Å². The van der Waals surface area contributed by atoms with Gasteiger partial charge >= 0.3 is 0 Å². The molecule has 1 nitrogen and oxygen atoms in total. The van der Waals surface area contributed by atoms with E-state index in [9.17, 15) is 0 Å². The topological polar surface area (TPSA) is 3.24 Å². The number of hydrogen-bond donors (Lipinski definition) is 0. The SMILES string of the molecule is CCc1cccc(N(c2cccc(C)c2)c2c3ccccc3cc3ccccc23)c1. The highest BCUT2D eigenvalue weighted by Crippen LogP contribution is 2.43. The number of hydrogen-bond acceptors (Lipinski definition) is 1. The Morgan fingerprint density at radius 1 is 0.600 bits per heavy atom. The van der Waals surface area contributed by atoms with Crippen molar-refractivity contribution in [3.63, 3.8) is 0 Å². The summed E-state index contributed by atoms with van der Waals surface area (Å²) in [5, 5.41) is 5.05. The van der Waals surface area contributed by atoms with Crippen LogP contribution >= 0.6 is 0 Å². The molecule has 1 heteroatoms. The van der Waals surface area contributed by atoms with Gasteiger partial charge in [0, 0.05) is 22.1 Å². The summed E-state index contributed by atoms with van der Waals surface area (Å²) >= 11 is 0. The van der Waals surface area contributed by atoms with E-state index < -0.39 is 0 Å². The first-order valence-electron chi connectivity index (χ1n) is 10.6. The van der Waals surface area contributed by atoms with Crippen molar-refractivity contribution in [2.24, 2.45) is 0 Å². The van der Waals surface area contributed by atoms with Crippen molar-refractivity contribution >= 4 is 38.6 Å². The Kier molecular flexibility index (Phi) is 4.72. The molecule has 0 N–H and O–H groups in total. The lowest BCUT2D eigenvalue weighted by Crippen LogP contribution is -2.11. The Morgan fingerprint density at radius 3 is 1.83 bits per heavy atom. The monoisotopic (exact) mass is 387 g/mol. The molecule has 5 aromatic rings. The van der Waals surface area contributed by atoms with Gasteiger partial charge in [-0.15, -0.1) is 0 Å². The van der Waals surface area contributed by atoms with Crippen LogP contribution in [0.1, 0.15) is 18.1 Å². The minimum atomic E-state index is 1.02. The molecule has 0 saturated carbocycles. The Labute approximate surface area is 178 Å². The molecule has 0 aliphatic rings. The summed E-state index contributed by atoms with van der Waals surface area (Å²) in [5.41, 5.74) is 6.22. The Balaban J connectivity index is 1.91. The van der Waals surface area contributed by atoms with E-state index in [2.05, 4.69) is 122 Å². The van der Waals surface area contributed by atoms with E-state index in [1.54, 1.807) is 0 Å². The highest BCUT2D eigenvalue weighted by molar-refractivity contribution is 6.14. The lowest BCUT2D eigenvalue weighted by molar-refractivity contribution is 1.13. The zero-order chi connectivity index (χ0) is 20.5. The fraction of sp³-hybridized carbons (Fsp3) is 0.103. The van der Waals surface area contributed by atoms with Crippen LogP contribution in [-0.2, 0) is 6.42 Å². The molecule has 0 spiro atoms. The number of fused-ring (bicyclic) bond motifs is 2. The van der Waals surface area contributed by atoms with Gasteiger partial charge in [0.25, 0.3) is 0 Å². The molecule has 0 heterocycles. The molecular weight excluding hydrogens is 362 g/mol. The molecule has 0 aromatic heterocycles. The smallest absolute Gasteiger partial charge is 0.0618 e. The van der Waals surface area contributed by atoms with Crippen molar-refractivity contribution < 1.29 is 0 Å². The van der Waals surface area contributed by atoms with Crippen molar-refractivity contribution in [3.8, 4) is 0 Å². The summed E-state index contributed by atoms with van der Waals surface area (Å²) in [6.07, 6.45) is 1.02. The molecule has 0 amide bonds. The van der Waals surface area contributed by atoms with Crippen molar-refractivity contribution in [1.82, 2.24) is 0 Å². The van der Waals surface area contributed by atoms with E-state index in [0.29, 0.717) is 0 Å². The second-order valence-corrected chi connectivity index (χ2v) is 7.87. The largest absolute Gasteiger partial charge is 0.309 e. The van der Waals surface area contributed by atoms with Gasteiger partial charge < -0.3 is 4.90 Å². The first-order valence-corrected chi connectivity index (χ1v) is 10.6. The van der Waals surface area contributed by atoms with E-state index in [4.69, 9.17) is 0 Å². The van der Waals surface area contributed by atoms with Crippen LogP contribution in [0.5, 0.6) is 0 Å². The van der Waals surface area contributed by atoms with Crippen LogP contribution in [0.4, 0.5) is 17.1 Å². The zero-order valence-electron chi connectivity index (χ0n) is 17.5. The lowest BCUT2D eigenvalue weighted by atomic mass is 9.98. The highest BCUT2D eigenvalue weighted by atomic mass is 15.1. The first kappa shape index (κ1) is 18.4. The van der Waals surface area contributed by atoms with Crippen molar-refractivity contribution in [1.29, 1.82) is 0 Å². The molecule has 0 aliphatic heterocycles. The number of rotatable bonds is 4. The van der Waals surface area contributed by atoms with Crippen LogP contribution < -0.4 is 4.90 Å². The molecule has 0 atom stereocenters. The number of anilines is 3. The Morgan fingerprint density at radius 2 is 1.20 bits per heavy atom. The molecule has 0 aliphatic carbocycles. The van der Waals surface area contributed by atoms with Gasteiger partial charge in [-0.05, 0) is 65.6 Å². The maximum Gasteiger partial charge on any atom is 0.0618 e. The van der Waals surface area contributed by atoms with E-state index in [1.807, 2.05) is 0 Å². The number of nitrogens with zero attached hydrogens (tertiary/aromatic N) is 1. The third-order valence-electron chi connectivity index (χ3n) is 5.80. The van der Waals surface area contributed by atoms with Crippen LogP contribution in [0.2, 0.25) is 0 Å². The van der Waals surface area contributed by atoms with Crippen LogP contribution in [0.15, 0.2) is 103 Å². The third-order valence-corrected chi connectivity index (χ3v) is 5.80. The van der Waals surface area contributed by atoms with E-state index >= 15 is 0 Å². The van der Waals surface area contributed by atoms with Crippen LogP contribution in [0.3, 0.4) is 0 Å². The molecule has 5 aromatic carbocycles. The number of aryl methyl sites for hydroxylation is 2. The predicted molar refractivity (Wildman–Crippen MR) is 130 cm³/mol. The quantitative estimate of drug-likeness (QED) is 0.280. The maximum atomic E-state index is 2.43. The highest BCUT2D eigenvalue weighted by Gasteiger charge is 2.18. The van der Waals surface area contributed by atoms with Gasteiger partial charge in [0.15, 0.2) is 0 Å². The standard InChI is InChI=1S/C29H25N/c1-3-22-11-9-15-26(19-22)30(25-14-8-10-21(2)18-25)29-27-16-6-4-12-23(27)20-24-13-5-7-17-28(24)29/h4-20H,3H2,1-2H3. The van der Waals surface area contributed by atoms with Crippen LogP contribution in [-0.4, -0.2) is 0 Å². The van der Waals surface area contributed by atoms with Gasteiger partial charge in [-0.2, -0.15) is 0 Å². The Bertz CT molecular complexity index is 1300. The van der Waals surface area contributed by atoms with E-state index in [-0.39, 0.29) is 0 Å². The number of benzene rings is 5. The fourth-order valence-electron chi connectivity index (χ4n) is 4.32. The molecule has 30 heavy (non-hydrogen) atoms. The van der Waals surface area contributed by atoms with Gasteiger partial charge in [0.05, 0.1) is 5.69 Å². The molecule has 0 saturated heterocycles.